The summed E-state index contributed by atoms with van der Waals surface area (Å²) >= 11 is 0. The lowest BCUT2D eigenvalue weighted by Crippen LogP contribution is -2.53. The lowest BCUT2D eigenvalue weighted by molar-refractivity contribution is -0.0588. The fourth-order valence-electron chi connectivity index (χ4n) is 2.11. The molecular weight excluding hydrogens is 178 g/mol. The van der Waals surface area contributed by atoms with Crippen LogP contribution in [0.4, 0.5) is 0 Å². The number of hydrogen-bond acceptors (Lipinski definition) is 3. The average molecular weight is 203 g/mol. The molecule has 0 aromatic rings. The van der Waals surface area contributed by atoms with E-state index in [0.717, 1.165) is 26.4 Å². The number of fused-ring (bicyclic) bond motifs is 1. The van der Waals surface area contributed by atoms with Crippen molar-refractivity contribution in [1.29, 1.82) is 0 Å². The maximum Gasteiger partial charge on any atom is 0.0986 e. The van der Waals surface area contributed by atoms with E-state index in [2.05, 4.69) is 31.9 Å². The van der Waals surface area contributed by atoms with Crippen molar-refractivity contribution in [1.82, 2.24) is 4.90 Å². The number of morpholine rings is 1. The molecule has 3 nitrogen and oxygen atoms in total. The topological polar surface area (TPSA) is 21.7 Å². The highest BCUT2D eigenvalue weighted by atomic mass is 16.6. The summed E-state index contributed by atoms with van der Waals surface area (Å²) < 4.78 is 11.0. The number of hydrogen-bond donors (Lipinski definition) is 0. The second kappa shape index (κ2) is 5.49. The summed E-state index contributed by atoms with van der Waals surface area (Å²) in [4.78, 5) is 2.49. The molecule has 14 heavy (non-hydrogen) atoms. The van der Waals surface area contributed by atoms with E-state index >= 15 is 0 Å². The van der Waals surface area contributed by atoms with Crippen LogP contribution in [0.3, 0.4) is 0 Å². The monoisotopic (exact) mass is 203 g/mol. The highest BCUT2D eigenvalue weighted by Crippen LogP contribution is 2.22. The van der Waals surface area contributed by atoms with Crippen molar-refractivity contribution in [3.05, 3.63) is 13.2 Å². The first-order valence-corrected chi connectivity index (χ1v) is 5.24. The third-order valence-electron chi connectivity index (χ3n) is 2.77. The van der Waals surface area contributed by atoms with Gasteiger partial charge in [0.05, 0.1) is 32.0 Å². The van der Waals surface area contributed by atoms with Gasteiger partial charge >= 0.3 is 0 Å². The predicted octanol–water partition coefficient (Wildman–Crippen LogP) is 1.79. The molecule has 2 atom stereocenters. The van der Waals surface area contributed by atoms with Gasteiger partial charge in [0.1, 0.15) is 0 Å². The van der Waals surface area contributed by atoms with Gasteiger partial charge in [0.15, 0.2) is 0 Å². The summed E-state index contributed by atoms with van der Waals surface area (Å²) in [5.41, 5.74) is 0. The van der Waals surface area contributed by atoms with E-state index in [-0.39, 0.29) is 2.85 Å². The van der Waals surface area contributed by atoms with Gasteiger partial charge in [0, 0.05) is 15.4 Å². The van der Waals surface area contributed by atoms with Crippen LogP contribution in [-0.2, 0) is 9.47 Å². The molecule has 0 saturated carbocycles. The predicted molar refractivity (Wildman–Crippen MR) is 61.7 cm³/mol. The van der Waals surface area contributed by atoms with Crippen molar-refractivity contribution in [3.63, 3.8) is 0 Å². The van der Waals surface area contributed by atoms with Crippen LogP contribution in [0.15, 0.2) is 13.2 Å². The molecule has 0 radical (unpaired) electrons. The molecule has 2 aliphatic rings. The van der Waals surface area contributed by atoms with E-state index in [1.165, 1.54) is 0 Å². The minimum atomic E-state index is 0. The summed E-state index contributed by atoms with van der Waals surface area (Å²) in [7, 11) is 0. The van der Waals surface area contributed by atoms with Gasteiger partial charge in [0.25, 0.3) is 0 Å². The zero-order valence-corrected chi connectivity index (χ0v) is 9.24. The summed E-state index contributed by atoms with van der Waals surface area (Å²) in [5.74, 6) is 0. The number of ether oxygens (including phenoxy) is 2. The van der Waals surface area contributed by atoms with Crippen molar-refractivity contribution >= 4 is 0 Å². The molecule has 0 spiro atoms. The summed E-state index contributed by atoms with van der Waals surface area (Å²) in [6.45, 7) is 14.0. The molecule has 3 heteroatoms. The number of nitrogens with zero attached hydrogens (tertiary/aromatic N) is 1. The lowest BCUT2D eigenvalue weighted by atomic mass is 10.1. The van der Waals surface area contributed by atoms with Gasteiger partial charge < -0.3 is 9.47 Å². The Labute approximate surface area is 89.6 Å². The van der Waals surface area contributed by atoms with Crippen LogP contribution in [0.25, 0.3) is 0 Å². The number of rotatable bonds is 1. The Morgan fingerprint density at radius 3 is 2.71 bits per heavy atom. The molecule has 0 aromatic heterocycles. The van der Waals surface area contributed by atoms with Gasteiger partial charge in [-0.15, -0.1) is 13.2 Å². The molecule has 0 aromatic carbocycles. The normalized spacial score (nSPS) is 32.2. The van der Waals surface area contributed by atoms with Crippen LogP contribution in [-0.4, -0.2) is 49.5 Å². The van der Waals surface area contributed by atoms with Gasteiger partial charge in [-0.1, -0.05) is 0 Å². The van der Waals surface area contributed by atoms with Crippen molar-refractivity contribution in [2.24, 2.45) is 0 Å². The first kappa shape index (κ1) is 11.7. The highest BCUT2D eigenvalue weighted by Gasteiger charge is 2.37. The Balaban J connectivity index is 0. The van der Waals surface area contributed by atoms with Crippen LogP contribution in [0.5, 0.6) is 0 Å². The first-order chi connectivity index (χ1) is 6.79. The minimum absolute atomic E-state index is 0. The molecule has 2 fully saturated rings. The van der Waals surface area contributed by atoms with E-state index in [0.29, 0.717) is 18.2 Å². The van der Waals surface area contributed by atoms with Crippen LogP contribution in [0, 0.1) is 0 Å². The maximum atomic E-state index is 5.62. The van der Waals surface area contributed by atoms with Crippen LogP contribution in [0.1, 0.15) is 16.7 Å². The molecule has 2 aliphatic heterocycles. The molecule has 0 amide bonds. The molecule has 0 bridgehead atoms. The Hall–Kier alpha value is -0.380. The Kier molecular flexibility index (Phi) is 4.58. The quantitative estimate of drug-likeness (QED) is 0.606. The van der Waals surface area contributed by atoms with Gasteiger partial charge in [-0.25, -0.2) is 0 Å². The molecule has 2 unspecified atom stereocenters. The van der Waals surface area contributed by atoms with Crippen LogP contribution in [0.2, 0.25) is 0 Å². The Morgan fingerprint density at radius 2 is 2.07 bits per heavy atom. The van der Waals surface area contributed by atoms with Gasteiger partial charge in [-0.3, -0.25) is 4.90 Å². The Bertz CT molecular complexity index is 181. The van der Waals surface area contributed by atoms with Crippen molar-refractivity contribution in [2.75, 3.05) is 26.4 Å². The molecular formula is C11H25NO2. The fourth-order valence-corrected chi connectivity index (χ4v) is 2.11. The van der Waals surface area contributed by atoms with Gasteiger partial charge in [-0.2, -0.15) is 0 Å². The van der Waals surface area contributed by atoms with E-state index in [1.54, 1.807) is 0 Å². The minimum Gasteiger partial charge on any atom is -0.377 e. The third-order valence-corrected chi connectivity index (χ3v) is 2.77. The van der Waals surface area contributed by atoms with E-state index in [1.807, 2.05) is 0 Å². The molecule has 2 rings (SSSR count). The highest BCUT2D eigenvalue weighted by molar-refractivity contribution is 4.89. The SMILES string of the molecule is C=C.CC(C)N1CCOC2COCC21.[HH].[HH]. The molecule has 2 heterocycles. The van der Waals surface area contributed by atoms with E-state index in [9.17, 15) is 0 Å². The summed E-state index contributed by atoms with van der Waals surface area (Å²) in [5, 5.41) is 0. The maximum absolute atomic E-state index is 5.62. The molecule has 86 valence electrons. The standard InChI is InChI=1S/C9H17NO2.C2H4.2H2/c1-7(2)10-3-4-12-9-6-11-5-8(9)10;1-2;;/h7-9H,3-6H2,1-2H3;1-2H2;2*1H. The second-order valence-electron chi connectivity index (χ2n) is 3.85. The average Bonchev–Trinajstić information content (AvgIpc) is 2.67. The summed E-state index contributed by atoms with van der Waals surface area (Å²) in [6, 6.07) is 1.13. The molecule has 0 N–H and O–H groups in total. The van der Waals surface area contributed by atoms with Crippen LogP contribution < -0.4 is 0 Å². The van der Waals surface area contributed by atoms with Crippen molar-refractivity contribution in [3.8, 4) is 0 Å². The zero-order chi connectivity index (χ0) is 10.6. The van der Waals surface area contributed by atoms with E-state index < -0.39 is 0 Å². The summed E-state index contributed by atoms with van der Waals surface area (Å²) in [6.07, 6.45) is 0.334. The zero-order valence-electron chi connectivity index (χ0n) is 9.24. The largest absolute Gasteiger partial charge is 0.377 e. The van der Waals surface area contributed by atoms with Crippen molar-refractivity contribution < 1.29 is 12.3 Å². The third kappa shape index (κ3) is 2.35. The fraction of sp³-hybridized carbons (Fsp3) is 0.818. The van der Waals surface area contributed by atoms with Gasteiger partial charge in [-0.05, 0) is 13.8 Å². The second-order valence-corrected chi connectivity index (χ2v) is 3.85. The van der Waals surface area contributed by atoms with Crippen molar-refractivity contribution in [2.45, 2.75) is 32.0 Å². The molecule has 0 aliphatic carbocycles. The molecule has 2 saturated heterocycles. The smallest absolute Gasteiger partial charge is 0.0986 e. The van der Waals surface area contributed by atoms with Gasteiger partial charge in [0.2, 0.25) is 0 Å². The van der Waals surface area contributed by atoms with Crippen LogP contribution >= 0.6 is 0 Å². The van der Waals surface area contributed by atoms with E-state index in [4.69, 9.17) is 9.47 Å². The Morgan fingerprint density at radius 1 is 1.36 bits per heavy atom. The first-order valence-electron chi connectivity index (χ1n) is 5.24. The lowest BCUT2D eigenvalue weighted by Gasteiger charge is -2.38.